The van der Waals surface area contributed by atoms with Crippen LogP contribution in [0.1, 0.15) is 5.82 Å². The van der Waals surface area contributed by atoms with Gasteiger partial charge in [0.05, 0.1) is 27.1 Å². The zero-order valence-corrected chi connectivity index (χ0v) is 15.9. The molecule has 3 aromatic rings. The Morgan fingerprint density at radius 3 is 2.52 bits per heavy atom. The Morgan fingerprint density at radius 2 is 1.86 bits per heavy atom. The van der Waals surface area contributed by atoms with E-state index in [4.69, 9.17) is 11.6 Å². The average molecular weight is 497 g/mol. The lowest BCUT2D eigenvalue weighted by atomic mass is 10.2. The second kappa shape index (κ2) is 5.99. The van der Waals surface area contributed by atoms with Crippen molar-refractivity contribution in [3.05, 3.63) is 55.4 Å². The summed E-state index contributed by atoms with van der Waals surface area (Å²) in [5.41, 5.74) is 2.22. The molecule has 0 fully saturated rings. The Balaban J connectivity index is 2.37. The van der Waals surface area contributed by atoms with Crippen molar-refractivity contribution in [3.8, 4) is 5.69 Å². The van der Waals surface area contributed by atoms with Crippen molar-refractivity contribution in [2.75, 3.05) is 0 Å². The van der Waals surface area contributed by atoms with Crippen LogP contribution in [-0.2, 0) is 5.88 Å². The maximum absolute atomic E-state index is 13.9. The topological polar surface area (TPSA) is 17.8 Å². The first-order valence-electron chi connectivity index (χ1n) is 5.89. The van der Waals surface area contributed by atoms with E-state index >= 15 is 0 Å². The normalized spacial score (nSPS) is 11.3. The molecule has 0 radical (unpaired) electrons. The minimum atomic E-state index is -0.335. The van der Waals surface area contributed by atoms with E-state index in [1.54, 1.807) is 6.07 Å². The average Bonchev–Trinajstić information content (AvgIpc) is 2.77. The molecule has 0 unspecified atom stereocenters. The molecule has 108 valence electrons. The molecule has 21 heavy (non-hydrogen) atoms. The van der Waals surface area contributed by atoms with Crippen molar-refractivity contribution in [2.45, 2.75) is 5.88 Å². The number of hydrogen-bond acceptors (Lipinski definition) is 1. The molecule has 2 nitrogen and oxygen atoms in total. The third-order valence-corrected chi connectivity index (χ3v) is 5.01. The number of benzene rings is 2. The monoisotopic (exact) mass is 494 g/mol. The SMILES string of the molecule is Fc1cc2c(cc1Br)nc(CCl)n2-c1ccc(Br)cc1Br. The number of fused-ring (bicyclic) bond motifs is 1. The van der Waals surface area contributed by atoms with Crippen molar-refractivity contribution in [3.63, 3.8) is 0 Å². The first-order valence-corrected chi connectivity index (χ1v) is 8.80. The van der Waals surface area contributed by atoms with Crippen LogP contribution in [0.5, 0.6) is 0 Å². The highest BCUT2D eigenvalue weighted by molar-refractivity contribution is 9.11. The third-order valence-electron chi connectivity index (χ3n) is 3.04. The standard InChI is InChI=1S/C14H7Br3ClFN2/c15-7-1-2-12(9(17)3-7)21-13-5-10(19)8(16)4-11(13)20-14(21)6-18/h1-5H,6H2. The van der Waals surface area contributed by atoms with E-state index in [1.807, 2.05) is 22.8 Å². The molecule has 0 spiro atoms. The molecule has 0 N–H and O–H groups in total. The van der Waals surface area contributed by atoms with Crippen molar-refractivity contribution in [1.82, 2.24) is 9.55 Å². The van der Waals surface area contributed by atoms with Gasteiger partial charge in [0.1, 0.15) is 11.6 Å². The minimum Gasteiger partial charge on any atom is -0.294 e. The fraction of sp³-hybridized carbons (Fsp3) is 0.0714. The molecular formula is C14H7Br3ClFN2. The molecule has 0 aliphatic carbocycles. The number of aromatic nitrogens is 2. The van der Waals surface area contributed by atoms with Crippen LogP contribution in [0.25, 0.3) is 16.7 Å². The molecule has 0 bridgehead atoms. The number of rotatable bonds is 2. The molecule has 0 atom stereocenters. The Kier molecular flexibility index (Phi) is 4.41. The van der Waals surface area contributed by atoms with Gasteiger partial charge in [0.2, 0.25) is 0 Å². The van der Waals surface area contributed by atoms with Gasteiger partial charge in [-0.15, -0.1) is 11.6 Å². The molecule has 0 aliphatic heterocycles. The Hall–Kier alpha value is -0.430. The molecule has 0 saturated carbocycles. The summed E-state index contributed by atoms with van der Waals surface area (Å²) in [5, 5.41) is 0. The molecule has 0 aliphatic rings. The van der Waals surface area contributed by atoms with Crippen LogP contribution in [-0.4, -0.2) is 9.55 Å². The molecule has 2 aromatic carbocycles. The second-order valence-electron chi connectivity index (χ2n) is 4.35. The van der Waals surface area contributed by atoms with E-state index in [1.165, 1.54) is 6.07 Å². The number of halogens is 5. The van der Waals surface area contributed by atoms with Gasteiger partial charge in [0.25, 0.3) is 0 Å². The number of imidazole rings is 1. The fourth-order valence-corrected chi connectivity index (χ4v) is 3.88. The summed E-state index contributed by atoms with van der Waals surface area (Å²) in [5.74, 6) is 0.557. The highest BCUT2D eigenvalue weighted by Crippen LogP contribution is 2.32. The van der Waals surface area contributed by atoms with E-state index < -0.39 is 0 Å². The van der Waals surface area contributed by atoms with Crippen LogP contribution >= 0.6 is 59.4 Å². The first kappa shape index (κ1) is 15.5. The molecule has 0 saturated heterocycles. The molecular weight excluding hydrogens is 490 g/mol. The Bertz CT molecular complexity index is 848. The second-order valence-corrected chi connectivity index (χ2v) is 7.24. The smallest absolute Gasteiger partial charge is 0.139 e. The van der Waals surface area contributed by atoms with Crippen molar-refractivity contribution < 1.29 is 4.39 Å². The summed E-state index contributed by atoms with van der Waals surface area (Å²) in [7, 11) is 0. The summed E-state index contributed by atoms with van der Waals surface area (Å²) < 4.78 is 17.9. The number of hydrogen-bond donors (Lipinski definition) is 0. The van der Waals surface area contributed by atoms with Crippen LogP contribution in [0.3, 0.4) is 0 Å². The van der Waals surface area contributed by atoms with Gasteiger partial charge in [-0.1, -0.05) is 15.9 Å². The fourth-order valence-electron chi connectivity index (χ4n) is 2.14. The van der Waals surface area contributed by atoms with Gasteiger partial charge < -0.3 is 0 Å². The Labute approximate surface area is 150 Å². The van der Waals surface area contributed by atoms with Gasteiger partial charge in [-0.25, -0.2) is 9.37 Å². The van der Waals surface area contributed by atoms with E-state index in [9.17, 15) is 4.39 Å². The van der Waals surface area contributed by atoms with Crippen LogP contribution in [0.15, 0.2) is 43.7 Å². The van der Waals surface area contributed by atoms with Crippen molar-refractivity contribution >= 4 is 70.4 Å². The predicted octanol–water partition coefficient (Wildman–Crippen LogP) is 6.19. The Morgan fingerprint density at radius 1 is 1.10 bits per heavy atom. The van der Waals surface area contributed by atoms with Crippen LogP contribution in [0.4, 0.5) is 4.39 Å². The van der Waals surface area contributed by atoms with Gasteiger partial charge in [0, 0.05) is 15.0 Å². The summed E-state index contributed by atoms with van der Waals surface area (Å²) in [6.07, 6.45) is 0. The van der Waals surface area contributed by atoms with E-state index in [0.717, 1.165) is 14.6 Å². The summed E-state index contributed by atoms with van der Waals surface area (Å²) in [6, 6.07) is 8.87. The highest BCUT2D eigenvalue weighted by Gasteiger charge is 2.16. The van der Waals surface area contributed by atoms with Gasteiger partial charge in [-0.2, -0.15) is 0 Å². The summed E-state index contributed by atoms with van der Waals surface area (Å²) in [6.45, 7) is 0. The van der Waals surface area contributed by atoms with Crippen LogP contribution in [0, 0.1) is 5.82 Å². The lowest BCUT2D eigenvalue weighted by Crippen LogP contribution is -2.00. The van der Waals surface area contributed by atoms with Crippen LogP contribution in [0.2, 0.25) is 0 Å². The van der Waals surface area contributed by atoms with E-state index in [2.05, 4.69) is 52.8 Å². The third kappa shape index (κ3) is 2.79. The summed E-state index contributed by atoms with van der Waals surface area (Å²) in [4.78, 5) is 4.47. The number of alkyl halides is 1. The van der Waals surface area contributed by atoms with Gasteiger partial charge in [-0.3, -0.25) is 4.57 Å². The van der Waals surface area contributed by atoms with Gasteiger partial charge in [0.15, 0.2) is 0 Å². The largest absolute Gasteiger partial charge is 0.294 e. The first-order chi connectivity index (χ1) is 10.0. The lowest BCUT2D eigenvalue weighted by molar-refractivity contribution is 0.622. The maximum atomic E-state index is 13.9. The molecule has 1 heterocycles. The highest BCUT2D eigenvalue weighted by atomic mass is 79.9. The van der Waals surface area contributed by atoms with Gasteiger partial charge in [-0.05, 0) is 56.1 Å². The molecule has 1 aromatic heterocycles. The van der Waals surface area contributed by atoms with Crippen molar-refractivity contribution in [2.24, 2.45) is 0 Å². The summed E-state index contributed by atoms with van der Waals surface area (Å²) >= 11 is 16.1. The van der Waals surface area contributed by atoms with Gasteiger partial charge >= 0.3 is 0 Å². The minimum absolute atomic E-state index is 0.233. The van der Waals surface area contributed by atoms with E-state index in [-0.39, 0.29) is 11.7 Å². The van der Waals surface area contributed by atoms with E-state index in [0.29, 0.717) is 21.3 Å². The molecule has 3 rings (SSSR count). The molecule has 7 heteroatoms. The van der Waals surface area contributed by atoms with Crippen molar-refractivity contribution in [1.29, 1.82) is 0 Å². The molecule has 0 amide bonds. The van der Waals surface area contributed by atoms with Crippen LogP contribution < -0.4 is 0 Å². The maximum Gasteiger partial charge on any atom is 0.139 e. The predicted molar refractivity (Wildman–Crippen MR) is 93.7 cm³/mol. The zero-order valence-electron chi connectivity index (χ0n) is 10.4. The zero-order chi connectivity index (χ0) is 15.1. The number of nitrogens with zero attached hydrogens (tertiary/aromatic N) is 2. The quantitative estimate of drug-likeness (QED) is 0.386. The lowest BCUT2D eigenvalue weighted by Gasteiger charge is -2.10.